The average Bonchev–Trinajstić information content (AvgIpc) is 2.41. The van der Waals surface area contributed by atoms with E-state index >= 15 is 0 Å². The molecule has 0 aliphatic rings. The zero-order valence-electron chi connectivity index (χ0n) is 14.2. The highest BCUT2D eigenvalue weighted by atomic mass is 15.1. The van der Waals surface area contributed by atoms with Crippen molar-refractivity contribution in [1.82, 2.24) is 5.32 Å². The highest BCUT2D eigenvalue weighted by molar-refractivity contribution is 5.47. The highest BCUT2D eigenvalue weighted by Crippen LogP contribution is 2.24. The minimum Gasteiger partial charge on any atom is -0.372 e. The van der Waals surface area contributed by atoms with E-state index in [4.69, 9.17) is 0 Å². The molecule has 0 spiro atoms. The fourth-order valence-electron chi connectivity index (χ4n) is 2.15. The predicted octanol–water partition coefficient (Wildman–Crippen LogP) is 4.30. The van der Waals surface area contributed by atoms with Crippen LogP contribution >= 0.6 is 0 Å². The minimum atomic E-state index is 0.348. The second-order valence-corrected chi connectivity index (χ2v) is 6.59. The van der Waals surface area contributed by atoms with Crippen LogP contribution in [-0.4, -0.2) is 19.6 Å². The van der Waals surface area contributed by atoms with E-state index in [0.29, 0.717) is 11.3 Å². The Morgan fingerprint density at radius 1 is 1.05 bits per heavy atom. The van der Waals surface area contributed by atoms with Gasteiger partial charge >= 0.3 is 0 Å². The third-order valence-electron chi connectivity index (χ3n) is 4.54. The third kappa shape index (κ3) is 4.82. The van der Waals surface area contributed by atoms with Gasteiger partial charge in [0, 0.05) is 31.9 Å². The lowest BCUT2D eigenvalue weighted by atomic mass is 9.81. The van der Waals surface area contributed by atoms with Gasteiger partial charge in [0.25, 0.3) is 0 Å². The zero-order valence-corrected chi connectivity index (χ0v) is 14.2. The SMILES string of the molecule is CCN(CC)c1ccc(CNCC(C)(C)C(C)C)cc1. The molecule has 1 N–H and O–H groups in total. The van der Waals surface area contributed by atoms with Gasteiger partial charge in [-0.25, -0.2) is 0 Å². The molecule has 0 aromatic heterocycles. The van der Waals surface area contributed by atoms with Gasteiger partial charge in [0.2, 0.25) is 0 Å². The van der Waals surface area contributed by atoms with E-state index in [-0.39, 0.29) is 0 Å². The summed E-state index contributed by atoms with van der Waals surface area (Å²) in [4.78, 5) is 2.37. The molecule has 0 heterocycles. The molecule has 1 aromatic rings. The monoisotopic (exact) mass is 276 g/mol. The summed E-state index contributed by atoms with van der Waals surface area (Å²) in [6.07, 6.45) is 0. The lowest BCUT2D eigenvalue weighted by molar-refractivity contribution is 0.238. The van der Waals surface area contributed by atoms with Crippen LogP contribution in [-0.2, 0) is 6.54 Å². The molecule has 0 aliphatic heterocycles. The van der Waals surface area contributed by atoms with Crippen molar-refractivity contribution in [3.63, 3.8) is 0 Å². The fourth-order valence-corrected chi connectivity index (χ4v) is 2.15. The maximum Gasteiger partial charge on any atom is 0.0366 e. The molecule has 0 bridgehead atoms. The topological polar surface area (TPSA) is 15.3 Å². The third-order valence-corrected chi connectivity index (χ3v) is 4.54. The first-order valence-electron chi connectivity index (χ1n) is 7.95. The van der Waals surface area contributed by atoms with Crippen molar-refractivity contribution in [2.75, 3.05) is 24.5 Å². The Labute approximate surface area is 125 Å². The van der Waals surface area contributed by atoms with Crippen molar-refractivity contribution in [3.8, 4) is 0 Å². The maximum absolute atomic E-state index is 3.59. The molecule has 0 atom stereocenters. The smallest absolute Gasteiger partial charge is 0.0366 e. The largest absolute Gasteiger partial charge is 0.372 e. The van der Waals surface area contributed by atoms with E-state index in [1.165, 1.54) is 11.3 Å². The first-order chi connectivity index (χ1) is 9.40. The van der Waals surface area contributed by atoms with Gasteiger partial charge in [-0.1, -0.05) is 39.8 Å². The van der Waals surface area contributed by atoms with Gasteiger partial charge in [-0.2, -0.15) is 0 Å². The van der Waals surface area contributed by atoms with Crippen LogP contribution in [0, 0.1) is 11.3 Å². The summed E-state index contributed by atoms with van der Waals surface area (Å²) < 4.78 is 0. The first-order valence-corrected chi connectivity index (χ1v) is 7.95. The number of hydrogen-bond acceptors (Lipinski definition) is 2. The summed E-state index contributed by atoms with van der Waals surface area (Å²) in [5, 5.41) is 3.59. The molecule has 20 heavy (non-hydrogen) atoms. The molecule has 0 radical (unpaired) electrons. The standard InChI is InChI=1S/C18H32N2/c1-7-20(8-2)17-11-9-16(10-12-17)13-19-14-18(5,6)15(3)4/h9-12,15,19H,7-8,13-14H2,1-6H3. The van der Waals surface area contributed by atoms with Crippen molar-refractivity contribution in [3.05, 3.63) is 29.8 Å². The van der Waals surface area contributed by atoms with Crippen molar-refractivity contribution in [1.29, 1.82) is 0 Å². The van der Waals surface area contributed by atoms with Crippen LogP contribution in [0.3, 0.4) is 0 Å². The van der Waals surface area contributed by atoms with Crippen molar-refractivity contribution < 1.29 is 0 Å². The Hall–Kier alpha value is -1.02. The molecule has 2 nitrogen and oxygen atoms in total. The Morgan fingerprint density at radius 2 is 1.60 bits per heavy atom. The van der Waals surface area contributed by atoms with Crippen molar-refractivity contribution >= 4 is 5.69 Å². The Kier molecular flexibility index (Phi) is 6.54. The van der Waals surface area contributed by atoms with Crippen LogP contribution in [0.1, 0.15) is 47.1 Å². The van der Waals surface area contributed by atoms with Crippen LogP contribution in [0.2, 0.25) is 0 Å². The summed E-state index contributed by atoms with van der Waals surface area (Å²) in [5.74, 6) is 0.694. The van der Waals surface area contributed by atoms with Gasteiger partial charge in [0.15, 0.2) is 0 Å². The zero-order chi connectivity index (χ0) is 15.2. The molecule has 2 heteroatoms. The summed E-state index contributed by atoms with van der Waals surface area (Å²) >= 11 is 0. The minimum absolute atomic E-state index is 0.348. The van der Waals surface area contributed by atoms with Crippen LogP contribution in [0.4, 0.5) is 5.69 Å². The van der Waals surface area contributed by atoms with Crippen LogP contribution in [0.15, 0.2) is 24.3 Å². The number of anilines is 1. The number of nitrogens with zero attached hydrogens (tertiary/aromatic N) is 1. The van der Waals surface area contributed by atoms with Gasteiger partial charge in [-0.05, 0) is 42.9 Å². The molecule has 1 rings (SSSR count). The average molecular weight is 276 g/mol. The van der Waals surface area contributed by atoms with E-state index in [1.54, 1.807) is 0 Å². The number of rotatable bonds is 8. The van der Waals surface area contributed by atoms with Gasteiger partial charge in [-0.15, -0.1) is 0 Å². The Morgan fingerprint density at radius 3 is 2.05 bits per heavy atom. The molecule has 0 fully saturated rings. The van der Waals surface area contributed by atoms with E-state index in [1.807, 2.05) is 0 Å². The predicted molar refractivity (Wildman–Crippen MR) is 90.3 cm³/mol. The van der Waals surface area contributed by atoms with Crippen LogP contribution in [0.5, 0.6) is 0 Å². The second kappa shape index (κ2) is 7.68. The molecule has 1 aromatic carbocycles. The van der Waals surface area contributed by atoms with E-state index < -0.39 is 0 Å². The summed E-state index contributed by atoms with van der Waals surface area (Å²) in [6.45, 7) is 17.8. The maximum atomic E-state index is 3.59. The quantitative estimate of drug-likeness (QED) is 0.761. The van der Waals surface area contributed by atoms with E-state index in [0.717, 1.165) is 26.2 Å². The summed E-state index contributed by atoms with van der Waals surface area (Å²) in [6, 6.07) is 8.95. The van der Waals surface area contributed by atoms with Crippen molar-refractivity contribution in [2.45, 2.75) is 48.1 Å². The molecular formula is C18H32N2. The van der Waals surface area contributed by atoms with E-state index in [2.05, 4.69) is 76.0 Å². The van der Waals surface area contributed by atoms with E-state index in [9.17, 15) is 0 Å². The van der Waals surface area contributed by atoms with Crippen LogP contribution in [0.25, 0.3) is 0 Å². The lowest BCUT2D eigenvalue weighted by Gasteiger charge is -2.29. The van der Waals surface area contributed by atoms with Crippen molar-refractivity contribution in [2.24, 2.45) is 11.3 Å². The van der Waals surface area contributed by atoms with Crippen LogP contribution < -0.4 is 10.2 Å². The summed E-state index contributed by atoms with van der Waals surface area (Å²) in [5.41, 5.74) is 3.03. The normalized spacial score (nSPS) is 11.9. The molecule has 114 valence electrons. The first kappa shape index (κ1) is 17.0. The van der Waals surface area contributed by atoms with Gasteiger partial charge in [-0.3, -0.25) is 0 Å². The molecular weight excluding hydrogens is 244 g/mol. The van der Waals surface area contributed by atoms with Gasteiger partial charge < -0.3 is 10.2 Å². The lowest BCUT2D eigenvalue weighted by Crippen LogP contribution is -2.33. The second-order valence-electron chi connectivity index (χ2n) is 6.59. The molecule has 0 saturated carbocycles. The highest BCUT2D eigenvalue weighted by Gasteiger charge is 2.21. The number of nitrogens with one attached hydrogen (secondary N) is 1. The van der Waals surface area contributed by atoms with Gasteiger partial charge in [0.05, 0.1) is 0 Å². The Bertz CT molecular complexity index is 375. The molecule has 0 amide bonds. The molecule has 0 unspecified atom stereocenters. The molecule has 0 saturated heterocycles. The van der Waals surface area contributed by atoms with Gasteiger partial charge in [0.1, 0.15) is 0 Å². The Balaban J connectivity index is 2.50. The fraction of sp³-hybridized carbons (Fsp3) is 0.667. The molecule has 0 aliphatic carbocycles. The summed E-state index contributed by atoms with van der Waals surface area (Å²) in [7, 11) is 0. The number of benzene rings is 1. The number of hydrogen-bond donors (Lipinski definition) is 1.